The van der Waals surface area contributed by atoms with Gasteiger partial charge in [-0.2, -0.15) is 5.10 Å². The van der Waals surface area contributed by atoms with Crippen LogP contribution >= 0.6 is 15.9 Å². The van der Waals surface area contributed by atoms with Crippen molar-refractivity contribution in [1.82, 2.24) is 15.2 Å². The number of halogens is 2. The normalized spacial score (nSPS) is 17.0. The highest BCUT2D eigenvalue weighted by Gasteiger charge is 2.21. The maximum atomic E-state index is 12.2. The number of rotatable bonds is 4. The first kappa shape index (κ1) is 13.8. The van der Waals surface area contributed by atoms with E-state index in [1.165, 1.54) is 5.69 Å². The lowest BCUT2D eigenvalue weighted by Gasteiger charge is -2.33. The van der Waals surface area contributed by atoms with Gasteiger partial charge in [0.25, 0.3) is 0 Å². The van der Waals surface area contributed by atoms with Crippen LogP contribution in [0.1, 0.15) is 25.7 Å². The van der Waals surface area contributed by atoms with E-state index in [0.717, 1.165) is 48.0 Å². The monoisotopic (exact) mass is 340 g/mol. The van der Waals surface area contributed by atoms with Gasteiger partial charge in [0, 0.05) is 19.3 Å². The van der Waals surface area contributed by atoms with Crippen molar-refractivity contribution in [2.45, 2.75) is 25.7 Å². The summed E-state index contributed by atoms with van der Waals surface area (Å²) in [6.45, 7) is 1.86. The minimum atomic E-state index is -0.187. The largest absolute Gasteiger partial charge is 0.371 e. The third-order valence-electron chi connectivity index (χ3n) is 4.09. The van der Waals surface area contributed by atoms with E-state index in [4.69, 9.17) is 0 Å². The Morgan fingerprint density at radius 1 is 1.40 bits per heavy atom. The van der Waals surface area contributed by atoms with Crippen molar-refractivity contribution in [3.8, 4) is 0 Å². The molecular formula is C14H18BrFN4. The zero-order valence-corrected chi connectivity index (χ0v) is 12.9. The van der Waals surface area contributed by atoms with Crippen LogP contribution < -0.4 is 4.90 Å². The van der Waals surface area contributed by atoms with Gasteiger partial charge >= 0.3 is 0 Å². The maximum Gasteiger partial charge on any atom is 0.184 e. The number of hydrogen-bond donors (Lipinski definition) is 1. The molecule has 1 aliphatic heterocycles. The Morgan fingerprint density at radius 3 is 2.95 bits per heavy atom. The van der Waals surface area contributed by atoms with Crippen LogP contribution in [-0.2, 0) is 0 Å². The molecule has 108 valence electrons. The Bertz CT molecular complexity index is 578. The number of aromatic amines is 1. The van der Waals surface area contributed by atoms with E-state index in [2.05, 4.69) is 36.0 Å². The molecule has 1 N–H and O–H groups in total. The van der Waals surface area contributed by atoms with Gasteiger partial charge in [0.15, 0.2) is 5.65 Å². The fraction of sp³-hybridized carbons (Fsp3) is 0.571. The van der Waals surface area contributed by atoms with Crippen LogP contribution in [0.2, 0.25) is 0 Å². The van der Waals surface area contributed by atoms with Crippen molar-refractivity contribution in [3.05, 3.63) is 16.9 Å². The number of aromatic nitrogens is 3. The standard InChI is InChI=1S/C14H18BrFN4/c15-13-12-11(3-7-17-14(12)19-18-13)20-8-4-10(5-9-20)2-1-6-16/h3,7,10H,1-2,4-6,8-9H2,(H,17,18,19). The smallest absolute Gasteiger partial charge is 0.184 e. The predicted molar refractivity (Wildman–Crippen MR) is 81.7 cm³/mol. The average molecular weight is 341 g/mol. The lowest BCUT2D eigenvalue weighted by atomic mass is 9.92. The number of alkyl halides is 1. The van der Waals surface area contributed by atoms with Gasteiger partial charge in [0.05, 0.1) is 17.7 Å². The summed E-state index contributed by atoms with van der Waals surface area (Å²) in [6, 6.07) is 2.05. The summed E-state index contributed by atoms with van der Waals surface area (Å²) in [5.41, 5.74) is 1.92. The molecule has 1 saturated heterocycles. The predicted octanol–water partition coefficient (Wildman–Crippen LogP) is 3.69. The summed E-state index contributed by atoms with van der Waals surface area (Å²) in [4.78, 5) is 6.66. The number of fused-ring (bicyclic) bond motifs is 1. The van der Waals surface area contributed by atoms with Crippen LogP contribution in [0.4, 0.5) is 10.1 Å². The lowest BCUT2D eigenvalue weighted by Crippen LogP contribution is -2.33. The van der Waals surface area contributed by atoms with Gasteiger partial charge in [0.2, 0.25) is 0 Å². The summed E-state index contributed by atoms with van der Waals surface area (Å²) >= 11 is 3.50. The van der Waals surface area contributed by atoms with E-state index in [0.29, 0.717) is 12.3 Å². The van der Waals surface area contributed by atoms with Crippen LogP contribution in [0.25, 0.3) is 11.0 Å². The minimum Gasteiger partial charge on any atom is -0.371 e. The molecule has 1 fully saturated rings. The molecule has 1 aliphatic rings. The van der Waals surface area contributed by atoms with Crippen LogP contribution in [0.15, 0.2) is 16.9 Å². The zero-order valence-electron chi connectivity index (χ0n) is 11.3. The lowest BCUT2D eigenvalue weighted by molar-refractivity contribution is 0.347. The maximum absolute atomic E-state index is 12.2. The summed E-state index contributed by atoms with van der Waals surface area (Å²) in [6.07, 6.45) is 5.81. The van der Waals surface area contributed by atoms with E-state index in [1.807, 2.05) is 6.07 Å². The third-order valence-corrected chi connectivity index (χ3v) is 4.66. The molecule has 2 aromatic heterocycles. The van der Waals surface area contributed by atoms with Crippen molar-refractivity contribution in [1.29, 1.82) is 0 Å². The molecule has 0 unspecified atom stereocenters. The molecule has 0 amide bonds. The van der Waals surface area contributed by atoms with E-state index < -0.39 is 0 Å². The number of nitrogens with one attached hydrogen (secondary N) is 1. The molecule has 0 saturated carbocycles. The third kappa shape index (κ3) is 2.66. The van der Waals surface area contributed by atoms with E-state index in [-0.39, 0.29) is 6.67 Å². The van der Waals surface area contributed by atoms with E-state index >= 15 is 0 Å². The van der Waals surface area contributed by atoms with Crippen LogP contribution in [-0.4, -0.2) is 34.9 Å². The SMILES string of the molecule is FCCCC1CCN(c2ccnc3n[nH]c(Br)c23)CC1. The first-order chi connectivity index (χ1) is 9.79. The van der Waals surface area contributed by atoms with Crippen molar-refractivity contribution >= 4 is 32.7 Å². The van der Waals surface area contributed by atoms with E-state index in [9.17, 15) is 4.39 Å². The highest BCUT2D eigenvalue weighted by atomic mass is 79.9. The Hall–Kier alpha value is -1.17. The molecular weight excluding hydrogens is 323 g/mol. The topological polar surface area (TPSA) is 44.8 Å². The minimum absolute atomic E-state index is 0.187. The number of nitrogens with zero attached hydrogens (tertiary/aromatic N) is 3. The van der Waals surface area contributed by atoms with E-state index in [1.54, 1.807) is 6.20 Å². The summed E-state index contributed by atoms with van der Waals surface area (Å²) < 4.78 is 13.1. The molecule has 3 heterocycles. The summed E-state index contributed by atoms with van der Waals surface area (Å²) in [5.74, 6) is 0.673. The van der Waals surface area contributed by atoms with Gasteiger partial charge in [-0.05, 0) is 53.6 Å². The second-order valence-electron chi connectivity index (χ2n) is 5.33. The molecule has 20 heavy (non-hydrogen) atoms. The van der Waals surface area contributed by atoms with Crippen LogP contribution in [0.5, 0.6) is 0 Å². The zero-order chi connectivity index (χ0) is 13.9. The molecule has 0 radical (unpaired) electrons. The summed E-state index contributed by atoms with van der Waals surface area (Å²) in [7, 11) is 0. The molecule has 0 aromatic carbocycles. The first-order valence-electron chi connectivity index (χ1n) is 7.09. The molecule has 0 bridgehead atoms. The number of piperidine rings is 1. The van der Waals surface area contributed by atoms with Gasteiger partial charge in [-0.3, -0.25) is 9.49 Å². The highest BCUT2D eigenvalue weighted by molar-refractivity contribution is 9.10. The molecule has 0 atom stereocenters. The molecule has 6 heteroatoms. The number of hydrogen-bond acceptors (Lipinski definition) is 3. The average Bonchev–Trinajstić information content (AvgIpc) is 2.87. The van der Waals surface area contributed by atoms with Crippen molar-refractivity contribution in [2.75, 3.05) is 24.7 Å². The molecule has 0 spiro atoms. The summed E-state index contributed by atoms with van der Waals surface area (Å²) in [5, 5.41) is 8.16. The highest BCUT2D eigenvalue weighted by Crippen LogP contribution is 2.33. The Morgan fingerprint density at radius 2 is 2.20 bits per heavy atom. The van der Waals surface area contributed by atoms with Gasteiger partial charge in [-0.1, -0.05) is 0 Å². The van der Waals surface area contributed by atoms with Crippen molar-refractivity contribution < 1.29 is 4.39 Å². The second kappa shape index (κ2) is 6.08. The quantitative estimate of drug-likeness (QED) is 0.923. The second-order valence-corrected chi connectivity index (χ2v) is 6.12. The number of H-pyrrole nitrogens is 1. The molecule has 2 aromatic rings. The Balaban J connectivity index is 1.75. The number of pyridine rings is 1. The molecule has 4 nitrogen and oxygen atoms in total. The van der Waals surface area contributed by atoms with Gasteiger partial charge in [-0.15, -0.1) is 0 Å². The van der Waals surface area contributed by atoms with Gasteiger partial charge < -0.3 is 4.90 Å². The Kier molecular flexibility index (Phi) is 4.19. The molecule has 0 aliphatic carbocycles. The van der Waals surface area contributed by atoms with Gasteiger partial charge in [-0.25, -0.2) is 4.98 Å². The van der Waals surface area contributed by atoms with Crippen molar-refractivity contribution in [3.63, 3.8) is 0 Å². The van der Waals surface area contributed by atoms with Gasteiger partial charge in [0.1, 0.15) is 4.60 Å². The molecule has 3 rings (SSSR count). The fourth-order valence-electron chi connectivity index (χ4n) is 2.99. The van der Waals surface area contributed by atoms with Crippen LogP contribution in [0.3, 0.4) is 0 Å². The van der Waals surface area contributed by atoms with Crippen molar-refractivity contribution in [2.24, 2.45) is 5.92 Å². The Labute approximate surface area is 125 Å². The number of anilines is 1. The fourth-order valence-corrected chi connectivity index (χ4v) is 3.46. The first-order valence-corrected chi connectivity index (χ1v) is 7.88. The van der Waals surface area contributed by atoms with Crippen LogP contribution in [0, 0.1) is 5.92 Å².